The Morgan fingerprint density at radius 1 is 1.05 bits per heavy atom. The monoisotopic (exact) mass is 306 g/mol. The lowest BCUT2D eigenvalue weighted by Crippen LogP contribution is -2.39. The summed E-state index contributed by atoms with van der Waals surface area (Å²) in [5.41, 5.74) is 0.861. The second kappa shape index (κ2) is 5.69. The molecule has 2 fully saturated rings. The highest BCUT2D eigenvalue weighted by atomic mass is 32.2. The van der Waals surface area contributed by atoms with Crippen molar-refractivity contribution in [3.63, 3.8) is 0 Å². The van der Waals surface area contributed by atoms with E-state index in [2.05, 4.69) is 19.9 Å². The van der Waals surface area contributed by atoms with Crippen molar-refractivity contribution in [3.8, 4) is 0 Å². The third-order valence-corrected chi connectivity index (χ3v) is 4.81. The molecule has 2 aliphatic heterocycles. The number of thioether (sulfide) groups is 1. The molecule has 2 saturated heterocycles. The Bertz CT molecular complexity index is 620. The van der Waals surface area contributed by atoms with Crippen LogP contribution < -0.4 is 9.80 Å². The summed E-state index contributed by atoms with van der Waals surface area (Å²) in [6, 6.07) is 2.03. The van der Waals surface area contributed by atoms with Gasteiger partial charge in [-0.2, -0.15) is 26.4 Å². The van der Waals surface area contributed by atoms with E-state index in [1.165, 1.54) is 0 Å². The minimum absolute atomic E-state index is 0.739. The molecule has 0 amide bonds. The van der Waals surface area contributed by atoms with Crippen molar-refractivity contribution >= 4 is 29.2 Å². The molecule has 0 radical (unpaired) electrons. The Hall–Kier alpha value is -1.54. The van der Waals surface area contributed by atoms with Crippen LogP contribution in [0.2, 0.25) is 0 Å². The SMILES string of the molecule is c1nc2cc(N3CCSCC3)nc(N3CCOCC3)n2n1. The van der Waals surface area contributed by atoms with Crippen LogP contribution >= 0.6 is 11.8 Å². The summed E-state index contributed by atoms with van der Waals surface area (Å²) in [5.74, 6) is 4.21. The van der Waals surface area contributed by atoms with Crippen LogP contribution in [0.3, 0.4) is 0 Å². The van der Waals surface area contributed by atoms with Crippen LogP contribution in [0.1, 0.15) is 0 Å². The molecule has 0 atom stereocenters. The molecular formula is C13H18N6OS. The molecular weight excluding hydrogens is 288 g/mol. The molecule has 0 aromatic carbocycles. The maximum atomic E-state index is 5.43. The first-order chi connectivity index (χ1) is 10.4. The Morgan fingerprint density at radius 2 is 1.86 bits per heavy atom. The van der Waals surface area contributed by atoms with Crippen LogP contribution in [0.4, 0.5) is 11.8 Å². The highest BCUT2D eigenvalue weighted by Gasteiger charge is 2.20. The van der Waals surface area contributed by atoms with Crippen molar-refractivity contribution in [3.05, 3.63) is 12.4 Å². The molecule has 7 nitrogen and oxygen atoms in total. The first-order valence-corrected chi connectivity index (χ1v) is 8.43. The molecule has 2 aromatic heterocycles. The second-order valence-electron chi connectivity index (χ2n) is 5.14. The molecule has 0 unspecified atom stereocenters. The molecule has 0 aliphatic carbocycles. The zero-order valence-electron chi connectivity index (χ0n) is 11.8. The van der Waals surface area contributed by atoms with Gasteiger partial charge in [0.25, 0.3) is 0 Å². The van der Waals surface area contributed by atoms with Gasteiger partial charge in [0.2, 0.25) is 5.95 Å². The molecule has 0 N–H and O–H groups in total. The Morgan fingerprint density at radius 3 is 2.67 bits per heavy atom. The number of hydrogen-bond acceptors (Lipinski definition) is 7. The Kier molecular flexibility index (Phi) is 3.56. The fourth-order valence-electron chi connectivity index (χ4n) is 2.72. The fourth-order valence-corrected chi connectivity index (χ4v) is 3.63. The van der Waals surface area contributed by atoms with Crippen molar-refractivity contribution in [1.82, 2.24) is 19.6 Å². The number of anilines is 2. The van der Waals surface area contributed by atoms with Gasteiger partial charge in [-0.05, 0) is 0 Å². The van der Waals surface area contributed by atoms with Crippen LogP contribution in [0, 0.1) is 0 Å². The van der Waals surface area contributed by atoms with Gasteiger partial charge < -0.3 is 14.5 Å². The molecule has 4 heterocycles. The molecule has 2 aromatic rings. The molecule has 2 aliphatic rings. The molecule has 21 heavy (non-hydrogen) atoms. The highest BCUT2D eigenvalue weighted by Crippen LogP contribution is 2.23. The van der Waals surface area contributed by atoms with Gasteiger partial charge >= 0.3 is 0 Å². The van der Waals surface area contributed by atoms with E-state index in [0.717, 1.165) is 68.3 Å². The van der Waals surface area contributed by atoms with Crippen LogP contribution in [-0.2, 0) is 4.74 Å². The van der Waals surface area contributed by atoms with Crippen LogP contribution in [0.25, 0.3) is 5.65 Å². The van der Waals surface area contributed by atoms with E-state index in [0.29, 0.717) is 0 Å². The van der Waals surface area contributed by atoms with E-state index in [-0.39, 0.29) is 0 Å². The van der Waals surface area contributed by atoms with Gasteiger partial charge in [0.1, 0.15) is 12.1 Å². The fraction of sp³-hybridized carbons (Fsp3) is 0.615. The minimum Gasteiger partial charge on any atom is -0.378 e. The Balaban J connectivity index is 1.74. The van der Waals surface area contributed by atoms with Crippen molar-refractivity contribution in [2.75, 3.05) is 60.7 Å². The van der Waals surface area contributed by atoms with Gasteiger partial charge in [0, 0.05) is 43.8 Å². The second-order valence-corrected chi connectivity index (χ2v) is 6.37. The van der Waals surface area contributed by atoms with Crippen molar-refractivity contribution in [2.24, 2.45) is 0 Å². The predicted octanol–water partition coefficient (Wildman–Crippen LogP) is 0.514. The van der Waals surface area contributed by atoms with Gasteiger partial charge in [0.15, 0.2) is 5.65 Å². The van der Waals surface area contributed by atoms with E-state index in [9.17, 15) is 0 Å². The maximum Gasteiger partial charge on any atom is 0.230 e. The van der Waals surface area contributed by atoms with Gasteiger partial charge in [-0.15, -0.1) is 0 Å². The summed E-state index contributed by atoms with van der Waals surface area (Å²) in [5, 5.41) is 4.32. The summed E-state index contributed by atoms with van der Waals surface area (Å²) < 4.78 is 7.26. The lowest BCUT2D eigenvalue weighted by atomic mass is 10.4. The average Bonchev–Trinajstić information content (AvgIpc) is 3.04. The number of nitrogens with zero attached hydrogens (tertiary/aromatic N) is 6. The highest BCUT2D eigenvalue weighted by molar-refractivity contribution is 7.99. The zero-order valence-corrected chi connectivity index (χ0v) is 12.6. The topological polar surface area (TPSA) is 58.8 Å². The first kappa shape index (κ1) is 13.1. The number of morpholine rings is 1. The summed E-state index contributed by atoms with van der Waals surface area (Å²) >= 11 is 2.00. The van der Waals surface area contributed by atoms with Gasteiger partial charge in [-0.3, -0.25) is 0 Å². The summed E-state index contributed by atoms with van der Waals surface area (Å²) in [7, 11) is 0. The summed E-state index contributed by atoms with van der Waals surface area (Å²) in [4.78, 5) is 13.8. The molecule has 112 valence electrons. The van der Waals surface area contributed by atoms with Gasteiger partial charge in [-0.1, -0.05) is 0 Å². The van der Waals surface area contributed by atoms with Gasteiger partial charge in [0.05, 0.1) is 13.2 Å². The van der Waals surface area contributed by atoms with Gasteiger partial charge in [-0.25, -0.2) is 4.98 Å². The van der Waals surface area contributed by atoms with E-state index in [1.807, 2.05) is 22.3 Å². The smallest absolute Gasteiger partial charge is 0.230 e. The third-order valence-electron chi connectivity index (χ3n) is 3.87. The lowest BCUT2D eigenvalue weighted by Gasteiger charge is -2.31. The number of hydrogen-bond donors (Lipinski definition) is 0. The van der Waals surface area contributed by atoms with Crippen LogP contribution in [0.5, 0.6) is 0 Å². The number of rotatable bonds is 2. The lowest BCUT2D eigenvalue weighted by molar-refractivity contribution is 0.122. The molecule has 0 spiro atoms. The molecule has 0 bridgehead atoms. The molecule has 0 saturated carbocycles. The average molecular weight is 306 g/mol. The molecule has 4 rings (SSSR count). The first-order valence-electron chi connectivity index (χ1n) is 7.28. The van der Waals surface area contributed by atoms with Crippen molar-refractivity contribution in [1.29, 1.82) is 0 Å². The van der Waals surface area contributed by atoms with Crippen molar-refractivity contribution < 1.29 is 4.74 Å². The van der Waals surface area contributed by atoms with E-state index >= 15 is 0 Å². The normalized spacial score (nSPS) is 20.2. The number of ether oxygens (including phenoxy) is 1. The standard InChI is InChI=1S/C13H18N6OS/c1-5-20-6-2-18(1)13-16-12(17-3-7-21-8-4-17)9-11-14-10-15-19(11)13/h9-10H,1-8H2. The number of aromatic nitrogens is 4. The van der Waals surface area contributed by atoms with Crippen LogP contribution in [0.15, 0.2) is 12.4 Å². The maximum absolute atomic E-state index is 5.43. The van der Waals surface area contributed by atoms with E-state index < -0.39 is 0 Å². The molecule has 8 heteroatoms. The minimum atomic E-state index is 0.739. The Labute approximate surface area is 127 Å². The quantitative estimate of drug-likeness (QED) is 0.801. The largest absolute Gasteiger partial charge is 0.378 e. The van der Waals surface area contributed by atoms with Crippen LogP contribution in [-0.4, -0.2) is 70.5 Å². The predicted molar refractivity (Wildman–Crippen MR) is 83.4 cm³/mol. The van der Waals surface area contributed by atoms with Crippen molar-refractivity contribution in [2.45, 2.75) is 0 Å². The summed E-state index contributed by atoms with van der Waals surface area (Å²) in [6.07, 6.45) is 1.59. The number of fused-ring (bicyclic) bond motifs is 1. The zero-order chi connectivity index (χ0) is 14.1. The van der Waals surface area contributed by atoms with E-state index in [1.54, 1.807) is 6.33 Å². The third kappa shape index (κ3) is 2.53. The summed E-state index contributed by atoms with van der Waals surface area (Å²) in [6.45, 7) is 5.27. The van der Waals surface area contributed by atoms with E-state index in [4.69, 9.17) is 9.72 Å².